The molecule has 5 heteroatoms. The molecule has 3 nitrogen and oxygen atoms in total. The van der Waals surface area contributed by atoms with E-state index in [4.69, 9.17) is 5.73 Å². The van der Waals surface area contributed by atoms with E-state index in [9.17, 15) is 9.50 Å². The van der Waals surface area contributed by atoms with E-state index < -0.39 is 5.82 Å². The SMILES string of the molecule is Nc1cc(F)c(Br)cc1NC(CO)c1ccccc1. The van der Waals surface area contributed by atoms with Crippen molar-refractivity contribution in [3.05, 3.63) is 58.3 Å². The second kappa shape index (κ2) is 6.04. The molecule has 4 N–H and O–H groups in total. The molecule has 1 unspecified atom stereocenters. The second-order valence-electron chi connectivity index (χ2n) is 4.14. The first-order valence-electron chi connectivity index (χ1n) is 5.78. The van der Waals surface area contributed by atoms with Gasteiger partial charge >= 0.3 is 0 Å². The summed E-state index contributed by atoms with van der Waals surface area (Å²) in [7, 11) is 0. The highest BCUT2D eigenvalue weighted by molar-refractivity contribution is 9.10. The number of nitrogens with one attached hydrogen (secondary N) is 1. The van der Waals surface area contributed by atoms with Gasteiger partial charge in [0.2, 0.25) is 0 Å². The molecule has 2 rings (SSSR count). The number of benzene rings is 2. The molecule has 0 aromatic heterocycles. The van der Waals surface area contributed by atoms with Gasteiger partial charge in [0, 0.05) is 6.07 Å². The molecule has 0 saturated carbocycles. The van der Waals surface area contributed by atoms with Crippen LogP contribution in [0.25, 0.3) is 0 Å². The van der Waals surface area contributed by atoms with E-state index in [2.05, 4.69) is 21.2 Å². The zero-order chi connectivity index (χ0) is 13.8. The molecular formula is C14H14BrFN2O. The van der Waals surface area contributed by atoms with E-state index in [0.717, 1.165) is 5.56 Å². The Kier molecular flexibility index (Phi) is 4.39. The number of nitrogens with two attached hydrogens (primary N) is 1. The van der Waals surface area contributed by atoms with Crippen LogP contribution in [0.4, 0.5) is 15.8 Å². The fourth-order valence-corrected chi connectivity index (χ4v) is 2.14. The average Bonchev–Trinajstić information content (AvgIpc) is 2.42. The van der Waals surface area contributed by atoms with Gasteiger partial charge in [0.25, 0.3) is 0 Å². The Bertz CT molecular complexity index is 563. The van der Waals surface area contributed by atoms with Crippen LogP contribution in [-0.2, 0) is 0 Å². The van der Waals surface area contributed by atoms with Crippen molar-refractivity contribution >= 4 is 27.3 Å². The number of nitrogen functional groups attached to an aromatic ring is 1. The summed E-state index contributed by atoms with van der Waals surface area (Å²) in [5, 5.41) is 12.6. The summed E-state index contributed by atoms with van der Waals surface area (Å²) in [5.74, 6) is -0.414. The maximum absolute atomic E-state index is 13.3. The Morgan fingerprint density at radius 3 is 2.58 bits per heavy atom. The van der Waals surface area contributed by atoms with Gasteiger partial charge in [-0.25, -0.2) is 4.39 Å². The van der Waals surface area contributed by atoms with Crippen molar-refractivity contribution in [1.29, 1.82) is 0 Å². The Hall–Kier alpha value is -1.59. The highest BCUT2D eigenvalue weighted by Gasteiger charge is 2.13. The van der Waals surface area contributed by atoms with Crippen LogP contribution in [0.3, 0.4) is 0 Å². The molecule has 2 aromatic carbocycles. The lowest BCUT2D eigenvalue weighted by atomic mass is 10.1. The molecule has 1 atom stereocenters. The van der Waals surface area contributed by atoms with Crippen molar-refractivity contribution in [3.63, 3.8) is 0 Å². The number of halogens is 2. The molecule has 0 saturated heterocycles. The number of hydrogen-bond acceptors (Lipinski definition) is 3. The van der Waals surface area contributed by atoms with E-state index in [1.165, 1.54) is 6.07 Å². The smallest absolute Gasteiger partial charge is 0.139 e. The van der Waals surface area contributed by atoms with Gasteiger partial charge in [-0.1, -0.05) is 30.3 Å². The zero-order valence-corrected chi connectivity index (χ0v) is 11.7. The summed E-state index contributed by atoms with van der Waals surface area (Å²) in [5.41, 5.74) is 7.58. The number of hydrogen-bond donors (Lipinski definition) is 3. The number of rotatable bonds is 4. The second-order valence-corrected chi connectivity index (χ2v) is 5.00. The third-order valence-corrected chi connectivity index (χ3v) is 3.41. The molecule has 100 valence electrons. The molecular weight excluding hydrogens is 311 g/mol. The van der Waals surface area contributed by atoms with E-state index in [-0.39, 0.29) is 12.6 Å². The van der Waals surface area contributed by atoms with E-state index in [1.807, 2.05) is 30.3 Å². The lowest BCUT2D eigenvalue weighted by Gasteiger charge is -2.19. The highest BCUT2D eigenvalue weighted by Crippen LogP contribution is 2.29. The van der Waals surface area contributed by atoms with Crippen LogP contribution in [0.2, 0.25) is 0 Å². The van der Waals surface area contributed by atoms with E-state index >= 15 is 0 Å². The Balaban J connectivity index is 2.26. The molecule has 0 amide bonds. The Morgan fingerprint density at radius 2 is 1.95 bits per heavy atom. The summed E-state index contributed by atoms with van der Waals surface area (Å²) >= 11 is 3.12. The molecule has 19 heavy (non-hydrogen) atoms. The summed E-state index contributed by atoms with van der Waals surface area (Å²) in [6, 6.07) is 12.0. The van der Waals surface area contributed by atoms with Gasteiger partial charge in [-0.2, -0.15) is 0 Å². The monoisotopic (exact) mass is 324 g/mol. The van der Waals surface area contributed by atoms with Gasteiger partial charge in [-0.3, -0.25) is 0 Å². The third-order valence-electron chi connectivity index (χ3n) is 2.81. The van der Waals surface area contributed by atoms with Crippen LogP contribution in [-0.4, -0.2) is 11.7 Å². The van der Waals surface area contributed by atoms with Crippen LogP contribution in [0, 0.1) is 5.82 Å². The molecule has 0 aliphatic rings. The molecule has 2 aromatic rings. The third kappa shape index (κ3) is 3.24. The lowest BCUT2D eigenvalue weighted by Crippen LogP contribution is -2.15. The van der Waals surface area contributed by atoms with Crippen LogP contribution in [0.15, 0.2) is 46.9 Å². The number of anilines is 2. The minimum atomic E-state index is -0.414. The van der Waals surface area contributed by atoms with Gasteiger partial charge in [-0.15, -0.1) is 0 Å². The first-order valence-corrected chi connectivity index (χ1v) is 6.58. The predicted octanol–water partition coefficient (Wildman–Crippen LogP) is 3.32. The van der Waals surface area contributed by atoms with Crippen molar-refractivity contribution in [1.82, 2.24) is 0 Å². The largest absolute Gasteiger partial charge is 0.397 e. The zero-order valence-electron chi connectivity index (χ0n) is 10.1. The summed E-state index contributed by atoms with van der Waals surface area (Å²) in [6.07, 6.45) is 0. The number of aliphatic hydroxyl groups is 1. The standard InChI is InChI=1S/C14H14BrFN2O/c15-10-6-13(12(17)7-11(10)16)18-14(8-19)9-4-2-1-3-5-9/h1-7,14,18-19H,8,17H2. The van der Waals surface area contributed by atoms with Crippen molar-refractivity contribution in [3.8, 4) is 0 Å². The van der Waals surface area contributed by atoms with Crippen LogP contribution in [0.5, 0.6) is 0 Å². The maximum atomic E-state index is 13.3. The number of aliphatic hydroxyl groups excluding tert-OH is 1. The molecule has 0 spiro atoms. The first kappa shape index (κ1) is 13.8. The van der Waals surface area contributed by atoms with Gasteiger partial charge < -0.3 is 16.2 Å². The molecule has 0 bridgehead atoms. The van der Waals surface area contributed by atoms with Crippen LogP contribution in [0.1, 0.15) is 11.6 Å². The minimum absolute atomic E-state index is 0.0849. The average molecular weight is 325 g/mol. The van der Waals surface area contributed by atoms with Crippen LogP contribution < -0.4 is 11.1 Å². The fraction of sp³-hybridized carbons (Fsp3) is 0.143. The molecule has 0 aliphatic carbocycles. The van der Waals surface area contributed by atoms with Crippen molar-refractivity contribution in [2.45, 2.75) is 6.04 Å². The van der Waals surface area contributed by atoms with Gasteiger partial charge in [-0.05, 0) is 27.6 Å². The topological polar surface area (TPSA) is 58.3 Å². The van der Waals surface area contributed by atoms with Gasteiger partial charge in [0.15, 0.2) is 0 Å². The maximum Gasteiger partial charge on any atom is 0.139 e. The van der Waals surface area contributed by atoms with E-state index in [1.54, 1.807) is 6.07 Å². The van der Waals surface area contributed by atoms with Crippen LogP contribution >= 0.6 is 15.9 Å². The van der Waals surface area contributed by atoms with Gasteiger partial charge in [0.05, 0.1) is 28.5 Å². The summed E-state index contributed by atoms with van der Waals surface area (Å²) in [6.45, 7) is -0.0849. The van der Waals surface area contributed by atoms with Gasteiger partial charge in [0.1, 0.15) is 5.82 Å². The fourth-order valence-electron chi connectivity index (χ4n) is 1.79. The predicted molar refractivity (Wildman–Crippen MR) is 78.4 cm³/mol. The lowest BCUT2D eigenvalue weighted by molar-refractivity contribution is 0.276. The quantitative estimate of drug-likeness (QED) is 0.756. The molecule has 0 fully saturated rings. The Morgan fingerprint density at radius 1 is 1.26 bits per heavy atom. The molecule has 0 aliphatic heterocycles. The highest BCUT2D eigenvalue weighted by atomic mass is 79.9. The molecule has 0 heterocycles. The molecule has 0 radical (unpaired) electrons. The summed E-state index contributed by atoms with van der Waals surface area (Å²) in [4.78, 5) is 0. The van der Waals surface area contributed by atoms with E-state index in [0.29, 0.717) is 15.8 Å². The Labute approximate surface area is 119 Å². The van der Waals surface area contributed by atoms with Crippen molar-refractivity contribution in [2.24, 2.45) is 0 Å². The summed E-state index contributed by atoms with van der Waals surface area (Å²) < 4.78 is 13.6. The normalized spacial score (nSPS) is 12.2. The van der Waals surface area contributed by atoms with Crippen molar-refractivity contribution in [2.75, 3.05) is 17.7 Å². The first-order chi connectivity index (χ1) is 9.11. The minimum Gasteiger partial charge on any atom is -0.397 e. The van der Waals surface area contributed by atoms with Crippen molar-refractivity contribution < 1.29 is 9.50 Å².